The Morgan fingerprint density at radius 2 is 1.58 bits per heavy atom. The van der Waals surface area contributed by atoms with Gasteiger partial charge in [-0.2, -0.15) is 13.2 Å². The Bertz CT molecular complexity index is 1980. The normalized spacial score (nSPS) is 11.4. The molecule has 0 saturated carbocycles. The molecule has 0 fully saturated rings. The third-order valence-electron chi connectivity index (χ3n) is 6.41. The number of anilines is 3. The number of rotatable bonds is 6. The Balaban J connectivity index is 1.08. The highest BCUT2D eigenvalue weighted by molar-refractivity contribution is 6.12. The van der Waals surface area contributed by atoms with Crippen LogP contribution in [0.4, 0.5) is 39.7 Å². The molecule has 0 aliphatic rings. The number of benzene rings is 4. The summed E-state index contributed by atoms with van der Waals surface area (Å²) in [7, 11) is 0. The van der Waals surface area contributed by atoms with E-state index < -0.39 is 29.3 Å². The molecule has 0 radical (unpaired) electrons. The van der Waals surface area contributed by atoms with Gasteiger partial charge in [0.1, 0.15) is 17.3 Å². The third-order valence-corrected chi connectivity index (χ3v) is 6.41. The van der Waals surface area contributed by atoms with Crippen LogP contribution in [0.3, 0.4) is 0 Å². The number of halogens is 4. The molecule has 0 saturated heterocycles. The summed E-state index contributed by atoms with van der Waals surface area (Å²) in [5.41, 5.74) is 1.13. The van der Waals surface area contributed by atoms with Crippen molar-refractivity contribution in [3.05, 3.63) is 108 Å². The van der Waals surface area contributed by atoms with Crippen molar-refractivity contribution in [3.8, 4) is 11.5 Å². The lowest BCUT2D eigenvalue weighted by atomic mass is 10.1. The molecule has 13 heteroatoms. The van der Waals surface area contributed by atoms with E-state index >= 15 is 0 Å². The smallest absolute Gasteiger partial charge is 0.416 e. The first-order valence-electron chi connectivity index (χ1n) is 12.7. The highest BCUT2D eigenvalue weighted by Gasteiger charge is 2.31. The molecule has 0 atom stereocenters. The quantitative estimate of drug-likeness (QED) is 0.127. The number of fused-ring (bicyclic) bond motifs is 2. The fourth-order valence-corrected chi connectivity index (χ4v) is 4.37. The van der Waals surface area contributed by atoms with E-state index in [1.165, 1.54) is 12.1 Å². The maximum atomic E-state index is 13.9. The van der Waals surface area contributed by atoms with E-state index in [1.54, 1.807) is 36.5 Å². The van der Waals surface area contributed by atoms with Gasteiger partial charge in [0.2, 0.25) is 5.95 Å². The standard InChI is InChI=1S/C30H20F4N6O3/c31-22-11-5-16(30(32,33)34)13-25(22)39-29(42)36-17-6-8-18(9-7-17)43-19-10-12-24-26(14-19)38-28(37-24)40-27(41)21-15-35-23-4-2-1-3-20(21)23/h1-15,35H,(H2,36,39,42)(H2,37,38,40,41). The lowest BCUT2D eigenvalue weighted by Crippen LogP contribution is -2.20. The van der Waals surface area contributed by atoms with Crippen LogP contribution in [-0.4, -0.2) is 26.9 Å². The maximum Gasteiger partial charge on any atom is 0.416 e. The number of ether oxygens (including phenoxy) is 1. The average Bonchev–Trinajstić information content (AvgIpc) is 3.58. The number of imidazole rings is 1. The predicted molar refractivity (Wildman–Crippen MR) is 153 cm³/mol. The van der Waals surface area contributed by atoms with Crippen LogP contribution in [-0.2, 0) is 6.18 Å². The van der Waals surface area contributed by atoms with Crippen LogP contribution in [0.15, 0.2) is 91.1 Å². The molecule has 5 N–H and O–H groups in total. The lowest BCUT2D eigenvalue weighted by molar-refractivity contribution is -0.137. The molecule has 3 amide bonds. The molecule has 0 bridgehead atoms. The highest BCUT2D eigenvalue weighted by atomic mass is 19.4. The molecule has 43 heavy (non-hydrogen) atoms. The van der Waals surface area contributed by atoms with Gasteiger partial charge in [0.25, 0.3) is 5.91 Å². The Morgan fingerprint density at radius 1 is 0.814 bits per heavy atom. The molecule has 6 rings (SSSR count). The van der Waals surface area contributed by atoms with Gasteiger partial charge in [-0.15, -0.1) is 0 Å². The number of alkyl halides is 3. The van der Waals surface area contributed by atoms with Crippen LogP contribution < -0.4 is 20.7 Å². The number of amides is 3. The van der Waals surface area contributed by atoms with E-state index in [-0.39, 0.29) is 17.5 Å². The minimum Gasteiger partial charge on any atom is -0.457 e. The van der Waals surface area contributed by atoms with Crippen molar-refractivity contribution in [1.29, 1.82) is 0 Å². The maximum absolute atomic E-state index is 13.9. The summed E-state index contributed by atoms with van der Waals surface area (Å²) >= 11 is 0. The molecule has 0 aliphatic carbocycles. The summed E-state index contributed by atoms with van der Waals surface area (Å²) in [6.45, 7) is 0. The van der Waals surface area contributed by atoms with E-state index in [9.17, 15) is 27.2 Å². The van der Waals surface area contributed by atoms with Crippen molar-refractivity contribution >= 4 is 51.2 Å². The number of nitrogens with zero attached hydrogens (tertiary/aromatic N) is 1. The topological polar surface area (TPSA) is 124 Å². The molecule has 0 spiro atoms. The molecular weight excluding hydrogens is 568 g/mol. The zero-order valence-electron chi connectivity index (χ0n) is 21.8. The SMILES string of the molecule is O=C(Nc1ccc(Oc2ccc3nc(NC(=O)c4c[nH]c5ccccc45)[nH]c3c2)cc1)Nc1cc(C(F)(F)F)ccc1F. The molecule has 0 aliphatic heterocycles. The second-order valence-electron chi connectivity index (χ2n) is 9.36. The van der Waals surface area contributed by atoms with Gasteiger partial charge in [-0.3, -0.25) is 10.1 Å². The van der Waals surface area contributed by atoms with Crippen molar-refractivity contribution in [1.82, 2.24) is 15.0 Å². The number of hydrogen-bond acceptors (Lipinski definition) is 4. The number of aromatic nitrogens is 3. The summed E-state index contributed by atoms with van der Waals surface area (Å²) in [4.78, 5) is 35.6. The van der Waals surface area contributed by atoms with Gasteiger partial charge < -0.3 is 25.3 Å². The minimum absolute atomic E-state index is 0.265. The van der Waals surface area contributed by atoms with Crippen LogP contribution in [0.2, 0.25) is 0 Å². The van der Waals surface area contributed by atoms with Crippen LogP contribution in [0.1, 0.15) is 15.9 Å². The average molecular weight is 589 g/mol. The van der Waals surface area contributed by atoms with Gasteiger partial charge in [-0.1, -0.05) is 18.2 Å². The molecule has 6 aromatic rings. The fourth-order valence-electron chi connectivity index (χ4n) is 4.37. The van der Waals surface area contributed by atoms with E-state index in [0.717, 1.165) is 10.9 Å². The molecule has 0 unspecified atom stereocenters. The van der Waals surface area contributed by atoms with Gasteiger partial charge >= 0.3 is 12.2 Å². The van der Waals surface area contributed by atoms with Crippen molar-refractivity contribution in [2.45, 2.75) is 6.18 Å². The first kappa shape index (κ1) is 27.3. The number of aromatic amines is 2. The van der Waals surface area contributed by atoms with Crippen molar-refractivity contribution < 1.29 is 31.9 Å². The predicted octanol–water partition coefficient (Wildman–Crippen LogP) is 7.89. The summed E-state index contributed by atoms with van der Waals surface area (Å²) in [6.07, 6.45) is -3.05. The Kier molecular flexibility index (Phi) is 6.90. The van der Waals surface area contributed by atoms with E-state index in [1.807, 2.05) is 24.3 Å². The fraction of sp³-hybridized carbons (Fsp3) is 0.0333. The Labute approximate surface area is 239 Å². The summed E-state index contributed by atoms with van der Waals surface area (Å²) in [5.74, 6) is -0.188. The van der Waals surface area contributed by atoms with Crippen LogP contribution >= 0.6 is 0 Å². The number of carbonyl (C=O) groups excluding carboxylic acids is 2. The first-order chi connectivity index (χ1) is 20.6. The van der Waals surface area contributed by atoms with Crippen molar-refractivity contribution in [2.75, 3.05) is 16.0 Å². The number of H-pyrrole nitrogens is 2. The largest absolute Gasteiger partial charge is 0.457 e. The Hall–Kier alpha value is -5.85. The minimum atomic E-state index is -4.69. The van der Waals surface area contributed by atoms with E-state index in [0.29, 0.717) is 46.3 Å². The van der Waals surface area contributed by atoms with Gasteiger partial charge in [0.05, 0.1) is 27.8 Å². The number of nitrogens with one attached hydrogen (secondary N) is 5. The number of carbonyl (C=O) groups is 2. The van der Waals surface area contributed by atoms with E-state index in [4.69, 9.17) is 4.74 Å². The van der Waals surface area contributed by atoms with Gasteiger partial charge in [-0.25, -0.2) is 14.2 Å². The zero-order valence-corrected chi connectivity index (χ0v) is 21.8. The van der Waals surface area contributed by atoms with Gasteiger partial charge in [0, 0.05) is 28.9 Å². The second-order valence-corrected chi connectivity index (χ2v) is 9.36. The molecule has 9 nitrogen and oxygen atoms in total. The molecule has 2 heterocycles. The lowest BCUT2D eigenvalue weighted by Gasteiger charge is -2.12. The first-order valence-corrected chi connectivity index (χ1v) is 12.7. The highest BCUT2D eigenvalue weighted by Crippen LogP contribution is 2.32. The molecule has 2 aromatic heterocycles. The van der Waals surface area contributed by atoms with Crippen LogP contribution in [0.25, 0.3) is 21.9 Å². The Morgan fingerprint density at radius 3 is 2.37 bits per heavy atom. The van der Waals surface area contributed by atoms with Crippen LogP contribution in [0.5, 0.6) is 11.5 Å². The van der Waals surface area contributed by atoms with Crippen LogP contribution in [0, 0.1) is 5.82 Å². The van der Waals surface area contributed by atoms with Crippen molar-refractivity contribution in [2.24, 2.45) is 0 Å². The summed E-state index contributed by atoms with van der Waals surface area (Å²) in [5, 5.41) is 8.06. The molecular formula is C30H20F4N6O3. The summed E-state index contributed by atoms with van der Waals surface area (Å²) < 4.78 is 58.5. The molecule has 4 aromatic carbocycles. The zero-order chi connectivity index (χ0) is 30.1. The number of urea groups is 1. The monoisotopic (exact) mass is 588 g/mol. The van der Waals surface area contributed by atoms with Gasteiger partial charge in [-0.05, 0) is 60.7 Å². The van der Waals surface area contributed by atoms with E-state index in [2.05, 4.69) is 30.9 Å². The third kappa shape index (κ3) is 5.95. The number of para-hydroxylation sites is 1. The van der Waals surface area contributed by atoms with Gasteiger partial charge in [0.15, 0.2) is 0 Å². The summed E-state index contributed by atoms with van der Waals surface area (Å²) in [6, 6.07) is 19.5. The number of hydrogen-bond donors (Lipinski definition) is 5. The second kappa shape index (κ2) is 10.9. The molecule has 216 valence electrons. The van der Waals surface area contributed by atoms with Crippen molar-refractivity contribution in [3.63, 3.8) is 0 Å².